The van der Waals surface area contributed by atoms with Crippen LogP contribution >= 0.6 is 11.6 Å². The maximum absolute atomic E-state index is 12.6. The molecule has 2 N–H and O–H groups in total. The van der Waals surface area contributed by atoms with Crippen molar-refractivity contribution in [2.45, 2.75) is 49.6 Å². The summed E-state index contributed by atoms with van der Waals surface area (Å²) >= 11 is 3.86. The smallest absolute Gasteiger partial charge is 0.298 e. The minimum atomic E-state index is -2.21. The zero-order valence-electron chi connectivity index (χ0n) is 18.0. The Bertz CT molecular complexity index is 1200. The van der Waals surface area contributed by atoms with Gasteiger partial charge in [-0.3, -0.25) is 4.79 Å². The SMILES string of the molecule is O=C(NC1CCC2(CC1)CCN(c1nc3cc(Cl)ccc3o1)CC2)c1ccnc(S(=O)O)c1. The molecule has 3 aromatic rings. The topological polar surface area (TPSA) is 109 Å². The zero-order chi connectivity index (χ0) is 23.0. The van der Waals surface area contributed by atoms with Gasteiger partial charge in [-0.05, 0) is 74.3 Å². The van der Waals surface area contributed by atoms with Gasteiger partial charge in [0.05, 0.1) is 0 Å². The van der Waals surface area contributed by atoms with Gasteiger partial charge in [0, 0.05) is 35.9 Å². The van der Waals surface area contributed by atoms with E-state index in [4.69, 9.17) is 16.0 Å². The summed E-state index contributed by atoms with van der Waals surface area (Å²) in [6.45, 7) is 1.80. The van der Waals surface area contributed by atoms with Crippen molar-refractivity contribution >= 4 is 45.7 Å². The molecule has 1 amide bonds. The van der Waals surface area contributed by atoms with E-state index in [0.717, 1.165) is 62.7 Å². The fraction of sp³-hybridized carbons (Fsp3) is 0.435. The highest BCUT2D eigenvalue weighted by atomic mass is 35.5. The monoisotopic (exact) mass is 488 g/mol. The van der Waals surface area contributed by atoms with Crippen molar-refractivity contribution in [2.75, 3.05) is 18.0 Å². The second-order valence-electron chi connectivity index (χ2n) is 8.98. The Morgan fingerprint density at radius 3 is 2.67 bits per heavy atom. The first kappa shape index (κ1) is 22.3. The first-order valence-corrected chi connectivity index (χ1v) is 12.6. The number of amides is 1. The highest BCUT2D eigenvalue weighted by Gasteiger charge is 2.39. The lowest BCUT2D eigenvalue weighted by atomic mass is 9.67. The molecule has 2 aromatic heterocycles. The number of nitrogens with one attached hydrogen (secondary N) is 1. The Balaban J connectivity index is 1.15. The van der Waals surface area contributed by atoms with Crippen molar-refractivity contribution in [3.63, 3.8) is 0 Å². The predicted octanol–water partition coefficient (Wildman–Crippen LogP) is 4.42. The van der Waals surface area contributed by atoms with Gasteiger partial charge in [-0.25, -0.2) is 9.19 Å². The van der Waals surface area contributed by atoms with E-state index in [1.54, 1.807) is 6.07 Å². The normalized spacial score (nSPS) is 19.6. The summed E-state index contributed by atoms with van der Waals surface area (Å²) in [5, 5.41) is 3.72. The molecule has 33 heavy (non-hydrogen) atoms. The molecule has 1 saturated carbocycles. The number of piperidine rings is 1. The fourth-order valence-corrected chi connectivity index (χ4v) is 5.53. The Kier molecular flexibility index (Phi) is 6.11. The van der Waals surface area contributed by atoms with Gasteiger partial charge in [-0.1, -0.05) is 11.6 Å². The third-order valence-electron chi connectivity index (χ3n) is 6.99. The number of anilines is 1. The van der Waals surface area contributed by atoms with Gasteiger partial charge in [0.15, 0.2) is 10.6 Å². The standard InChI is InChI=1S/C23H25ClN4O4S/c24-16-1-2-19-18(14-16)27-22(32-19)28-11-8-23(9-12-28)6-3-17(4-7-23)26-21(29)15-5-10-25-20(13-15)33(30)31/h1-2,5,10,13-14,17H,3-4,6-9,11-12H2,(H,26,29)(H,30,31). The van der Waals surface area contributed by atoms with Gasteiger partial charge in [0.25, 0.3) is 11.9 Å². The number of nitrogens with zero attached hydrogens (tertiary/aromatic N) is 3. The van der Waals surface area contributed by atoms with Crippen molar-refractivity contribution in [1.82, 2.24) is 15.3 Å². The predicted molar refractivity (Wildman–Crippen MR) is 126 cm³/mol. The van der Waals surface area contributed by atoms with Crippen molar-refractivity contribution < 1.29 is 18.0 Å². The van der Waals surface area contributed by atoms with Crippen LogP contribution < -0.4 is 10.2 Å². The van der Waals surface area contributed by atoms with Gasteiger partial charge in [-0.2, -0.15) is 4.98 Å². The zero-order valence-corrected chi connectivity index (χ0v) is 19.6. The van der Waals surface area contributed by atoms with E-state index in [9.17, 15) is 13.6 Å². The lowest BCUT2D eigenvalue weighted by Gasteiger charge is -2.45. The molecule has 5 rings (SSSR count). The second-order valence-corrected chi connectivity index (χ2v) is 10.3. The molecule has 174 valence electrons. The number of hydrogen-bond donors (Lipinski definition) is 2. The first-order valence-electron chi connectivity index (χ1n) is 11.1. The molecule has 1 atom stereocenters. The summed E-state index contributed by atoms with van der Waals surface area (Å²) in [7, 11) is 0. The molecule has 10 heteroatoms. The fourth-order valence-electron chi connectivity index (χ4n) is 4.99. The number of carbonyl (C=O) groups is 1. The third-order valence-corrected chi connectivity index (χ3v) is 7.81. The second kappa shape index (κ2) is 9.04. The molecule has 1 unspecified atom stereocenters. The molecule has 1 aliphatic heterocycles. The first-order chi connectivity index (χ1) is 15.9. The molecule has 2 fully saturated rings. The van der Waals surface area contributed by atoms with Gasteiger partial charge >= 0.3 is 0 Å². The van der Waals surface area contributed by atoms with E-state index in [-0.39, 0.29) is 17.0 Å². The van der Waals surface area contributed by atoms with Crippen molar-refractivity contribution in [2.24, 2.45) is 5.41 Å². The lowest BCUT2D eigenvalue weighted by Crippen LogP contribution is -2.45. The number of rotatable bonds is 4. The number of benzene rings is 1. The third kappa shape index (κ3) is 4.76. The van der Waals surface area contributed by atoms with Gasteiger partial charge in [0.1, 0.15) is 5.52 Å². The van der Waals surface area contributed by atoms with E-state index in [1.165, 1.54) is 12.3 Å². The van der Waals surface area contributed by atoms with Crippen LogP contribution in [0.5, 0.6) is 0 Å². The molecule has 1 aliphatic carbocycles. The van der Waals surface area contributed by atoms with Crippen LogP contribution in [0.4, 0.5) is 6.01 Å². The molecule has 2 aliphatic rings. The van der Waals surface area contributed by atoms with E-state index in [0.29, 0.717) is 22.0 Å². The number of fused-ring (bicyclic) bond motifs is 1. The molecule has 1 saturated heterocycles. The minimum absolute atomic E-state index is 0.0148. The van der Waals surface area contributed by atoms with Gasteiger partial charge < -0.3 is 19.2 Å². The summed E-state index contributed by atoms with van der Waals surface area (Å²) in [4.78, 5) is 23.2. The molecule has 1 spiro atoms. The van der Waals surface area contributed by atoms with E-state index in [2.05, 4.69) is 20.2 Å². The average molecular weight is 489 g/mol. The molecule has 1 aromatic carbocycles. The van der Waals surface area contributed by atoms with Crippen molar-refractivity contribution in [3.05, 3.63) is 47.1 Å². The Morgan fingerprint density at radius 1 is 1.18 bits per heavy atom. The molecule has 3 heterocycles. The minimum Gasteiger partial charge on any atom is -0.423 e. The van der Waals surface area contributed by atoms with E-state index < -0.39 is 11.1 Å². The number of aromatic nitrogens is 2. The van der Waals surface area contributed by atoms with Crippen LogP contribution in [0.3, 0.4) is 0 Å². The Labute approximate surface area is 199 Å². The van der Waals surface area contributed by atoms with Crippen LogP contribution in [0.25, 0.3) is 11.1 Å². The van der Waals surface area contributed by atoms with Crippen LogP contribution in [0.2, 0.25) is 5.02 Å². The largest absolute Gasteiger partial charge is 0.423 e. The van der Waals surface area contributed by atoms with Crippen LogP contribution in [0.1, 0.15) is 48.9 Å². The highest BCUT2D eigenvalue weighted by molar-refractivity contribution is 7.79. The van der Waals surface area contributed by atoms with Crippen molar-refractivity contribution in [3.8, 4) is 0 Å². The molecular formula is C23H25ClN4O4S. The van der Waals surface area contributed by atoms with Gasteiger partial charge in [0.2, 0.25) is 11.1 Å². The maximum atomic E-state index is 12.6. The van der Waals surface area contributed by atoms with Crippen LogP contribution in [-0.4, -0.2) is 43.8 Å². The number of oxazole rings is 1. The summed E-state index contributed by atoms with van der Waals surface area (Å²) < 4.78 is 26.3. The van der Waals surface area contributed by atoms with Crippen molar-refractivity contribution in [1.29, 1.82) is 0 Å². The maximum Gasteiger partial charge on any atom is 0.298 e. The average Bonchev–Trinajstić information content (AvgIpc) is 3.24. The molecule has 0 radical (unpaired) electrons. The quantitative estimate of drug-likeness (QED) is 0.523. The van der Waals surface area contributed by atoms with Crippen LogP contribution in [0, 0.1) is 5.41 Å². The lowest BCUT2D eigenvalue weighted by molar-refractivity contribution is 0.0865. The Hall–Kier alpha value is -2.49. The molecular weight excluding hydrogens is 464 g/mol. The number of pyridine rings is 1. The number of hydrogen-bond acceptors (Lipinski definition) is 6. The summed E-state index contributed by atoms with van der Waals surface area (Å²) in [6.07, 6.45) is 7.52. The number of halogens is 1. The summed E-state index contributed by atoms with van der Waals surface area (Å²) in [5.74, 6) is -0.226. The van der Waals surface area contributed by atoms with Crippen LogP contribution in [-0.2, 0) is 11.1 Å². The van der Waals surface area contributed by atoms with E-state index in [1.807, 2.05) is 18.2 Å². The molecule has 0 bridgehead atoms. The van der Waals surface area contributed by atoms with E-state index >= 15 is 0 Å². The molecule has 8 nitrogen and oxygen atoms in total. The number of carbonyl (C=O) groups excluding carboxylic acids is 1. The van der Waals surface area contributed by atoms with Gasteiger partial charge in [-0.15, -0.1) is 0 Å². The summed E-state index contributed by atoms with van der Waals surface area (Å²) in [6, 6.07) is 9.17. The summed E-state index contributed by atoms with van der Waals surface area (Å²) in [5.41, 5.74) is 2.18. The Morgan fingerprint density at radius 2 is 1.94 bits per heavy atom. The van der Waals surface area contributed by atoms with Crippen LogP contribution in [0.15, 0.2) is 46.0 Å². The highest BCUT2D eigenvalue weighted by Crippen LogP contribution is 2.45.